The van der Waals surface area contributed by atoms with E-state index < -0.39 is 0 Å². The van der Waals surface area contributed by atoms with Crippen LogP contribution in [-0.4, -0.2) is 42.9 Å². The molecule has 0 aliphatic carbocycles. The number of carbonyl (C=O) groups excluding carboxylic acids is 2. The van der Waals surface area contributed by atoms with Gasteiger partial charge in [0.2, 0.25) is 0 Å². The van der Waals surface area contributed by atoms with Crippen molar-refractivity contribution in [1.29, 1.82) is 0 Å². The first-order chi connectivity index (χ1) is 13.5. The van der Waals surface area contributed by atoms with Crippen molar-refractivity contribution in [2.75, 3.05) is 31.2 Å². The highest BCUT2D eigenvalue weighted by Crippen LogP contribution is 2.24. The summed E-state index contributed by atoms with van der Waals surface area (Å²) >= 11 is 5.89. The van der Waals surface area contributed by atoms with Gasteiger partial charge < -0.3 is 15.1 Å². The van der Waals surface area contributed by atoms with Crippen molar-refractivity contribution < 1.29 is 14.4 Å². The predicted molar refractivity (Wildman–Crippen MR) is 112 cm³/mol. The lowest BCUT2D eigenvalue weighted by molar-refractivity contribution is -0.120. The minimum absolute atomic E-state index is 0.256. The van der Waals surface area contributed by atoms with Crippen LogP contribution in [0.3, 0.4) is 0 Å². The summed E-state index contributed by atoms with van der Waals surface area (Å²) in [6.07, 6.45) is 0. The lowest BCUT2D eigenvalue weighted by atomic mass is 10.1. The molecule has 0 bridgehead atoms. The lowest BCUT2D eigenvalue weighted by Crippen LogP contribution is -2.37. The van der Waals surface area contributed by atoms with Gasteiger partial charge in [-0.05, 0) is 49.5 Å². The fourth-order valence-electron chi connectivity index (χ4n) is 2.69. The fraction of sp³-hybridized carbons (Fsp3) is 0.333. The molecule has 28 heavy (non-hydrogen) atoms. The molecule has 150 valence electrons. The molecule has 0 radical (unpaired) electrons. The van der Waals surface area contributed by atoms with E-state index in [1.54, 1.807) is 48.5 Å². The van der Waals surface area contributed by atoms with E-state index in [2.05, 4.69) is 24.1 Å². The van der Waals surface area contributed by atoms with E-state index in [1.165, 1.54) is 6.92 Å². The first kappa shape index (κ1) is 21.7. The number of rotatable bonds is 9. The Kier molecular flexibility index (Phi) is 8.29. The standard InChI is InChI=1S/C21H26ClN3O3/c1-4-24(5-2)15-14-23-21(27)19-8-6-7-9-20(19)25(16(3)26)28-18-12-10-17(22)11-13-18/h6-13H,4-5,14-15H2,1-3H3,(H,23,27). The van der Waals surface area contributed by atoms with Crippen molar-refractivity contribution in [3.63, 3.8) is 0 Å². The summed E-state index contributed by atoms with van der Waals surface area (Å²) in [7, 11) is 0. The number of hydrogen-bond donors (Lipinski definition) is 1. The minimum Gasteiger partial charge on any atom is -0.372 e. The Morgan fingerprint density at radius 1 is 1.04 bits per heavy atom. The average molecular weight is 404 g/mol. The van der Waals surface area contributed by atoms with E-state index in [1.807, 2.05) is 0 Å². The molecule has 0 heterocycles. The number of hydroxylamine groups is 1. The van der Waals surface area contributed by atoms with E-state index >= 15 is 0 Å². The molecular formula is C21H26ClN3O3. The van der Waals surface area contributed by atoms with Crippen molar-refractivity contribution in [1.82, 2.24) is 10.2 Å². The molecule has 0 aromatic heterocycles. The lowest BCUT2D eigenvalue weighted by Gasteiger charge is -2.23. The molecule has 6 nitrogen and oxygen atoms in total. The smallest absolute Gasteiger partial charge is 0.256 e. The van der Waals surface area contributed by atoms with Crippen LogP contribution in [0.2, 0.25) is 5.02 Å². The molecular weight excluding hydrogens is 378 g/mol. The average Bonchev–Trinajstić information content (AvgIpc) is 2.70. The van der Waals surface area contributed by atoms with Crippen LogP contribution in [0.1, 0.15) is 31.1 Å². The van der Waals surface area contributed by atoms with E-state index in [4.69, 9.17) is 16.4 Å². The zero-order chi connectivity index (χ0) is 20.5. The van der Waals surface area contributed by atoms with Gasteiger partial charge in [0, 0.05) is 25.0 Å². The number of para-hydroxylation sites is 1. The van der Waals surface area contributed by atoms with Gasteiger partial charge in [-0.3, -0.25) is 9.59 Å². The summed E-state index contributed by atoms with van der Waals surface area (Å²) in [6.45, 7) is 8.68. The Bertz CT molecular complexity index is 792. The number of amides is 2. The minimum atomic E-state index is -0.349. The summed E-state index contributed by atoms with van der Waals surface area (Å²) in [5.74, 6) is -0.164. The second-order valence-electron chi connectivity index (χ2n) is 6.16. The Balaban J connectivity index is 2.18. The molecule has 0 unspecified atom stereocenters. The number of benzene rings is 2. The van der Waals surface area contributed by atoms with Gasteiger partial charge in [-0.2, -0.15) is 0 Å². The first-order valence-electron chi connectivity index (χ1n) is 9.30. The highest BCUT2D eigenvalue weighted by atomic mass is 35.5. The monoisotopic (exact) mass is 403 g/mol. The van der Waals surface area contributed by atoms with Gasteiger partial charge in [-0.25, -0.2) is 0 Å². The van der Waals surface area contributed by atoms with E-state index in [9.17, 15) is 9.59 Å². The van der Waals surface area contributed by atoms with Crippen LogP contribution in [0.15, 0.2) is 48.5 Å². The Hall–Kier alpha value is -2.57. The van der Waals surface area contributed by atoms with Gasteiger partial charge in [0.1, 0.15) is 0 Å². The van der Waals surface area contributed by atoms with Crippen LogP contribution < -0.4 is 15.2 Å². The second kappa shape index (κ2) is 10.7. The van der Waals surface area contributed by atoms with E-state index in [0.29, 0.717) is 28.6 Å². The molecule has 0 fully saturated rings. The molecule has 0 saturated heterocycles. The number of likely N-dealkylation sites (N-methyl/N-ethyl adjacent to an activating group) is 1. The molecule has 2 aromatic rings. The summed E-state index contributed by atoms with van der Waals surface area (Å²) in [5, 5.41) is 4.59. The largest absolute Gasteiger partial charge is 0.372 e. The van der Waals surface area contributed by atoms with Crippen LogP contribution >= 0.6 is 11.6 Å². The molecule has 0 saturated carbocycles. The topological polar surface area (TPSA) is 61.9 Å². The number of carbonyl (C=O) groups is 2. The molecule has 0 aliphatic rings. The van der Waals surface area contributed by atoms with Gasteiger partial charge in [-0.15, -0.1) is 5.06 Å². The molecule has 2 aromatic carbocycles. The van der Waals surface area contributed by atoms with Gasteiger partial charge in [0.25, 0.3) is 11.8 Å². The highest BCUT2D eigenvalue weighted by molar-refractivity contribution is 6.30. The maximum absolute atomic E-state index is 12.7. The molecule has 2 rings (SSSR count). The zero-order valence-electron chi connectivity index (χ0n) is 16.4. The van der Waals surface area contributed by atoms with Gasteiger partial charge in [0.05, 0.1) is 11.3 Å². The van der Waals surface area contributed by atoms with Crippen LogP contribution in [-0.2, 0) is 4.79 Å². The van der Waals surface area contributed by atoms with Gasteiger partial charge in [-0.1, -0.05) is 37.6 Å². The number of nitrogens with zero attached hydrogens (tertiary/aromatic N) is 2. The third-order valence-electron chi connectivity index (χ3n) is 4.27. The predicted octanol–water partition coefficient (Wildman–Crippen LogP) is 3.76. The third kappa shape index (κ3) is 5.97. The van der Waals surface area contributed by atoms with Crippen molar-refractivity contribution in [2.24, 2.45) is 0 Å². The number of hydrogen-bond acceptors (Lipinski definition) is 4. The van der Waals surface area contributed by atoms with Crippen molar-refractivity contribution >= 4 is 29.1 Å². The summed E-state index contributed by atoms with van der Waals surface area (Å²) in [6, 6.07) is 13.5. The van der Waals surface area contributed by atoms with Crippen LogP contribution in [0.5, 0.6) is 5.75 Å². The normalized spacial score (nSPS) is 10.6. The maximum atomic E-state index is 12.7. The van der Waals surface area contributed by atoms with Crippen molar-refractivity contribution in [2.45, 2.75) is 20.8 Å². The van der Waals surface area contributed by atoms with Crippen molar-refractivity contribution in [3.05, 3.63) is 59.1 Å². The molecule has 0 atom stereocenters. The SMILES string of the molecule is CCN(CC)CCNC(=O)c1ccccc1N(Oc1ccc(Cl)cc1)C(C)=O. The molecule has 1 N–H and O–H groups in total. The molecule has 0 aliphatic heterocycles. The second-order valence-corrected chi connectivity index (χ2v) is 6.59. The van der Waals surface area contributed by atoms with Gasteiger partial charge >= 0.3 is 0 Å². The van der Waals surface area contributed by atoms with Crippen LogP contribution in [0.4, 0.5) is 5.69 Å². The summed E-state index contributed by atoms with van der Waals surface area (Å²) < 4.78 is 0. The van der Waals surface area contributed by atoms with Crippen LogP contribution in [0, 0.1) is 0 Å². The fourth-order valence-corrected chi connectivity index (χ4v) is 2.82. The quantitative estimate of drug-likeness (QED) is 0.647. The summed E-state index contributed by atoms with van der Waals surface area (Å²) in [5.41, 5.74) is 0.747. The van der Waals surface area contributed by atoms with E-state index in [-0.39, 0.29) is 11.8 Å². The van der Waals surface area contributed by atoms with Crippen molar-refractivity contribution in [3.8, 4) is 5.75 Å². The maximum Gasteiger partial charge on any atom is 0.256 e. The highest BCUT2D eigenvalue weighted by Gasteiger charge is 2.21. The Labute approximate surface area is 171 Å². The van der Waals surface area contributed by atoms with Gasteiger partial charge in [0.15, 0.2) is 5.75 Å². The Morgan fingerprint density at radius 3 is 2.29 bits per heavy atom. The molecule has 2 amide bonds. The summed E-state index contributed by atoms with van der Waals surface area (Å²) in [4.78, 5) is 32.9. The third-order valence-corrected chi connectivity index (χ3v) is 4.52. The van der Waals surface area contributed by atoms with Crippen LogP contribution in [0.25, 0.3) is 0 Å². The zero-order valence-corrected chi connectivity index (χ0v) is 17.2. The molecule has 0 spiro atoms. The first-order valence-corrected chi connectivity index (χ1v) is 9.67. The van der Waals surface area contributed by atoms with E-state index in [0.717, 1.165) is 24.7 Å². The Morgan fingerprint density at radius 2 is 1.68 bits per heavy atom. The number of nitrogens with one attached hydrogen (secondary N) is 1. The molecule has 7 heteroatoms. The number of anilines is 1. The number of halogens is 1.